The van der Waals surface area contributed by atoms with E-state index in [2.05, 4.69) is 15.5 Å². The van der Waals surface area contributed by atoms with Crippen molar-refractivity contribution >= 4 is 34.2 Å². The molecule has 0 atom stereocenters. The summed E-state index contributed by atoms with van der Waals surface area (Å²) < 4.78 is 11.7. The zero-order valence-electron chi connectivity index (χ0n) is 21.2. The Bertz CT molecular complexity index is 1410. The number of rotatable bonds is 9. The van der Waals surface area contributed by atoms with Crippen LogP contribution in [0.3, 0.4) is 0 Å². The van der Waals surface area contributed by atoms with Gasteiger partial charge in [-0.15, -0.1) is 0 Å². The summed E-state index contributed by atoms with van der Waals surface area (Å²) in [7, 11) is 0. The average molecular weight is 513 g/mol. The van der Waals surface area contributed by atoms with Crippen LogP contribution >= 0.6 is 0 Å². The van der Waals surface area contributed by atoms with E-state index < -0.39 is 0 Å². The molecule has 38 heavy (non-hydrogen) atoms. The first kappa shape index (κ1) is 25.4. The van der Waals surface area contributed by atoms with E-state index >= 15 is 0 Å². The van der Waals surface area contributed by atoms with Gasteiger partial charge in [-0.1, -0.05) is 36.8 Å². The van der Waals surface area contributed by atoms with Crippen LogP contribution in [0.4, 0.5) is 11.4 Å². The van der Waals surface area contributed by atoms with E-state index in [9.17, 15) is 9.59 Å². The molecule has 8 heteroatoms. The Labute approximate surface area is 221 Å². The van der Waals surface area contributed by atoms with Gasteiger partial charge in [-0.3, -0.25) is 14.5 Å². The second-order valence-corrected chi connectivity index (χ2v) is 9.41. The molecule has 1 fully saturated rings. The van der Waals surface area contributed by atoms with Gasteiger partial charge in [0.15, 0.2) is 5.76 Å². The number of furan rings is 1. The number of carbonyl (C=O) groups excluding carboxylic acids is 2. The zero-order chi connectivity index (χ0) is 26.3. The van der Waals surface area contributed by atoms with E-state index in [4.69, 9.17) is 14.9 Å². The van der Waals surface area contributed by atoms with E-state index in [-0.39, 0.29) is 18.4 Å². The van der Waals surface area contributed by atoms with E-state index in [0.717, 1.165) is 29.6 Å². The van der Waals surface area contributed by atoms with Gasteiger partial charge in [-0.2, -0.15) is 0 Å². The third-order valence-corrected chi connectivity index (χ3v) is 6.72. The molecule has 196 valence electrons. The molecule has 1 aliphatic rings. The van der Waals surface area contributed by atoms with Crippen molar-refractivity contribution in [2.75, 3.05) is 37.3 Å². The molecule has 2 amide bonds. The largest absolute Gasteiger partial charge is 0.492 e. The Balaban J connectivity index is 1.15. The molecule has 8 nitrogen and oxygen atoms in total. The summed E-state index contributed by atoms with van der Waals surface area (Å²) >= 11 is 0. The number of piperidine rings is 1. The highest BCUT2D eigenvalue weighted by molar-refractivity contribution is 6.05. The van der Waals surface area contributed by atoms with Gasteiger partial charge in [0.05, 0.1) is 17.9 Å². The lowest BCUT2D eigenvalue weighted by Gasteiger charge is -2.26. The van der Waals surface area contributed by atoms with Crippen LogP contribution in [0.1, 0.15) is 45.7 Å². The van der Waals surface area contributed by atoms with Gasteiger partial charge in [0.1, 0.15) is 17.9 Å². The highest BCUT2D eigenvalue weighted by Crippen LogP contribution is 2.28. The van der Waals surface area contributed by atoms with Crippen LogP contribution in [-0.4, -0.2) is 43.0 Å². The van der Waals surface area contributed by atoms with Crippen LogP contribution in [0.25, 0.3) is 11.0 Å². The standard InChI is InChI=1S/C30H32N4O4/c31-25-9-3-4-10-26(25)33-29(35)21-12-14-22(15-13-21)37-19-16-32-30(36)28-24(20-34-17-6-1-7-18-34)23-8-2-5-11-27(23)38-28/h2-5,8-15H,1,6-7,16-20,31H2,(H,32,36)(H,33,35). The monoisotopic (exact) mass is 512 g/mol. The van der Waals surface area contributed by atoms with E-state index in [1.165, 1.54) is 19.3 Å². The number of carbonyl (C=O) groups is 2. The van der Waals surface area contributed by atoms with Crippen molar-refractivity contribution in [1.82, 2.24) is 10.2 Å². The smallest absolute Gasteiger partial charge is 0.287 e. The fourth-order valence-electron chi connectivity index (χ4n) is 4.70. The number of ether oxygens (including phenoxy) is 1. The number of fused-ring (bicyclic) bond motifs is 1. The van der Waals surface area contributed by atoms with E-state index in [0.29, 0.717) is 41.5 Å². The fraction of sp³-hybridized carbons (Fsp3) is 0.267. The van der Waals surface area contributed by atoms with Gasteiger partial charge < -0.3 is 25.5 Å². The number of nitrogen functional groups attached to an aromatic ring is 1. The first-order valence-electron chi connectivity index (χ1n) is 13.0. The molecule has 1 saturated heterocycles. The molecular formula is C30H32N4O4. The average Bonchev–Trinajstić information content (AvgIpc) is 3.31. The number of benzene rings is 3. The summed E-state index contributed by atoms with van der Waals surface area (Å²) in [6.45, 7) is 3.37. The Morgan fingerprint density at radius 3 is 2.42 bits per heavy atom. The molecule has 0 spiro atoms. The van der Waals surface area contributed by atoms with Gasteiger partial charge in [0.2, 0.25) is 0 Å². The molecule has 4 aromatic rings. The molecule has 3 aromatic carbocycles. The molecular weight excluding hydrogens is 480 g/mol. The molecule has 2 heterocycles. The predicted octanol–water partition coefficient (Wildman–Crippen LogP) is 5.06. The molecule has 0 unspecified atom stereocenters. The van der Waals surface area contributed by atoms with Crippen LogP contribution in [-0.2, 0) is 6.54 Å². The van der Waals surface area contributed by atoms with Crippen LogP contribution in [0.2, 0.25) is 0 Å². The minimum absolute atomic E-state index is 0.246. The first-order chi connectivity index (χ1) is 18.6. The van der Waals surface area contributed by atoms with Crippen molar-refractivity contribution in [3.8, 4) is 5.75 Å². The highest BCUT2D eigenvalue weighted by Gasteiger charge is 2.23. The molecule has 1 aliphatic heterocycles. The van der Waals surface area contributed by atoms with Crippen molar-refractivity contribution in [3.05, 3.63) is 89.7 Å². The third-order valence-electron chi connectivity index (χ3n) is 6.72. The van der Waals surface area contributed by atoms with Crippen LogP contribution in [0, 0.1) is 0 Å². The van der Waals surface area contributed by atoms with E-state index in [1.807, 2.05) is 36.4 Å². The molecule has 4 N–H and O–H groups in total. The Morgan fingerprint density at radius 1 is 0.895 bits per heavy atom. The summed E-state index contributed by atoms with van der Waals surface area (Å²) in [5, 5.41) is 6.70. The van der Waals surface area contributed by atoms with Gasteiger partial charge in [-0.05, 0) is 68.4 Å². The number of amides is 2. The van der Waals surface area contributed by atoms with Gasteiger partial charge >= 0.3 is 0 Å². The van der Waals surface area contributed by atoms with Gasteiger partial charge in [0.25, 0.3) is 11.8 Å². The lowest BCUT2D eigenvalue weighted by molar-refractivity contribution is 0.0917. The topological polar surface area (TPSA) is 110 Å². The van der Waals surface area contributed by atoms with Crippen molar-refractivity contribution < 1.29 is 18.7 Å². The Hall–Kier alpha value is -4.30. The maximum atomic E-state index is 13.0. The number of hydrogen-bond acceptors (Lipinski definition) is 6. The number of likely N-dealkylation sites (tertiary alicyclic amines) is 1. The van der Waals surface area contributed by atoms with Crippen molar-refractivity contribution in [2.24, 2.45) is 0 Å². The predicted molar refractivity (Wildman–Crippen MR) is 148 cm³/mol. The van der Waals surface area contributed by atoms with Crippen molar-refractivity contribution in [1.29, 1.82) is 0 Å². The van der Waals surface area contributed by atoms with Crippen LogP contribution < -0.4 is 21.1 Å². The normalized spacial score (nSPS) is 13.8. The third kappa shape index (κ3) is 5.98. The number of nitrogens with zero attached hydrogens (tertiary/aromatic N) is 1. The second kappa shape index (κ2) is 11.8. The number of hydrogen-bond donors (Lipinski definition) is 3. The number of para-hydroxylation sites is 3. The molecule has 0 aliphatic carbocycles. The molecule has 0 radical (unpaired) electrons. The Kier molecular flexibility index (Phi) is 7.89. The van der Waals surface area contributed by atoms with Gasteiger partial charge in [-0.25, -0.2) is 0 Å². The number of nitrogens with one attached hydrogen (secondary N) is 2. The maximum Gasteiger partial charge on any atom is 0.287 e. The summed E-state index contributed by atoms with van der Waals surface area (Å²) in [6.07, 6.45) is 3.62. The first-order valence-corrected chi connectivity index (χ1v) is 13.0. The highest BCUT2D eigenvalue weighted by atomic mass is 16.5. The lowest BCUT2D eigenvalue weighted by Crippen LogP contribution is -2.31. The fourth-order valence-corrected chi connectivity index (χ4v) is 4.70. The molecule has 5 rings (SSSR count). The molecule has 0 saturated carbocycles. The molecule has 0 bridgehead atoms. The van der Waals surface area contributed by atoms with E-state index in [1.54, 1.807) is 36.4 Å². The summed E-state index contributed by atoms with van der Waals surface area (Å²) in [4.78, 5) is 27.9. The lowest BCUT2D eigenvalue weighted by atomic mass is 10.1. The number of anilines is 2. The minimum Gasteiger partial charge on any atom is -0.492 e. The minimum atomic E-state index is -0.257. The SMILES string of the molecule is Nc1ccccc1NC(=O)c1ccc(OCCNC(=O)c2oc3ccccc3c2CN2CCCCC2)cc1. The Morgan fingerprint density at radius 2 is 1.63 bits per heavy atom. The van der Waals surface area contributed by atoms with Crippen molar-refractivity contribution in [2.45, 2.75) is 25.8 Å². The quantitative estimate of drug-likeness (QED) is 0.214. The zero-order valence-corrected chi connectivity index (χ0v) is 21.2. The number of nitrogens with two attached hydrogens (primary N) is 1. The summed E-state index contributed by atoms with van der Waals surface area (Å²) in [5.74, 6) is 0.465. The van der Waals surface area contributed by atoms with Crippen molar-refractivity contribution in [3.63, 3.8) is 0 Å². The van der Waals surface area contributed by atoms with Crippen LogP contribution in [0.15, 0.2) is 77.2 Å². The second-order valence-electron chi connectivity index (χ2n) is 9.41. The molecule has 1 aromatic heterocycles. The summed E-state index contributed by atoms with van der Waals surface area (Å²) in [5.41, 5.74) is 9.11. The summed E-state index contributed by atoms with van der Waals surface area (Å²) in [6, 6.07) is 21.7. The van der Waals surface area contributed by atoms with Crippen LogP contribution in [0.5, 0.6) is 5.75 Å². The van der Waals surface area contributed by atoms with Gasteiger partial charge in [0, 0.05) is 23.1 Å². The maximum absolute atomic E-state index is 13.0.